The van der Waals surface area contributed by atoms with Crippen LogP contribution in [0.4, 0.5) is 0 Å². The van der Waals surface area contributed by atoms with Gasteiger partial charge in [-0.15, -0.1) is 0 Å². The van der Waals surface area contributed by atoms with Gasteiger partial charge in [-0.3, -0.25) is 9.59 Å². The summed E-state index contributed by atoms with van der Waals surface area (Å²) in [7, 11) is 0. The molecule has 1 aromatic heterocycles. The van der Waals surface area contributed by atoms with Gasteiger partial charge in [-0.1, -0.05) is 27.2 Å². The third-order valence-electron chi connectivity index (χ3n) is 4.93. The van der Waals surface area contributed by atoms with E-state index in [1.807, 2.05) is 6.92 Å². The molecule has 0 bridgehead atoms. The molecule has 144 valence electrons. The topological polar surface area (TPSA) is 109 Å². The van der Waals surface area contributed by atoms with Gasteiger partial charge in [0.05, 0.1) is 0 Å². The molecule has 26 heavy (non-hydrogen) atoms. The summed E-state index contributed by atoms with van der Waals surface area (Å²) in [5.41, 5.74) is 0.576. The monoisotopic (exact) mass is 364 g/mol. The first kappa shape index (κ1) is 20.0. The van der Waals surface area contributed by atoms with Gasteiger partial charge in [0.2, 0.25) is 0 Å². The Labute approximate surface area is 153 Å². The van der Waals surface area contributed by atoms with Crippen molar-refractivity contribution in [1.82, 2.24) is 9.88 Å². The molecule has 1 aromatic rings. The van der Waals surface area contributed by atoms with E-state index in [0.29, 0.717) is 24.9 Å². The first-order chi connectivity index (χ1) is 12.3. The lowest BCUT2D eigenvalue weighted by molar-refractivity contribution is -0.140. The van der Waals surface area contributed by atoms with E-state index in [9.17, 15) is 24.6 Å². The summed E-state index contributed by atoms with van der Waals surface area (Å²) >= 11 is 0. The number of fused-ring (bicyclic) bond motifs is 1. The molecule has 0 saturated heterocycles. The van der Waals surface area contributed by atoms with Gasteiger partial charge in [0.1, 0.15) is 17.4 Å². The van der Waals surface area contributed by atoms with Crippen molar-refractivity contribution in [3.8, 4) is 5.75 Å². The average molecular weight is 364 g/mol. The molecule has 0 aliphatic heterocycles. The Morgan fingerprint density at radius 3 is 2.46 bits per heavy atom. The number of carbonyl (C=O) groups excluding carboxylic acids is 1. The maximum absolute atomic E-state index is 12.9. The van der Waals surface area contributed by atoms with E-state index in [0.717, 1.165) is 31.4 Å². The van der Waals surface area contributed by atoms with E-state index in [2.05, 4.69) is 5.32 Å². The minimum absolute atomic E-state index is 0.289. The Balaban J connectivity index is 2.52. The fourth-order valence-corrected chi connectivity index (χ4v) is 3.44. The fourth-order valence-electron chi connectivity index (χ4n) is 3.44. The average Bonchev–Trinajstić information content (AvgIpc) is 2.59. The summed E-state index contributed by atoms with van der Waals surface area (Å²) in [6.07, 6.45) is 4.84. The van der Waals surface area contributed by atoms with E-state index in [1.54, 1.807) is 18.4 Å². The number of rotatable bonds is 7. The Morgan fingerprint density at radius 2 is 1.88 bits per heavy atom. The first-order valence-electron chi connectivity index (χ1n) is 9.30. The first-order valence-corrected chi connectivity index (χ1v) is 9.30. The predicted octanol–water partition coefficient (Wildman–Crippen LogP) is 2.07. The molecule has 7 nitrogen and oxygen atoms in total. The molecule has 0 fully saturated rings. The Kier molecular flexibility index (Phi) is 6.45. The summed E-state index contributed by atoms with van der Waals surface area (Å²) in [6, 6.07) is -1.12. The van der Waals surface area contributed by atoms with Crippen molar-refractivity contribution in [3.05, 3.63) is 27.2 Å². The number of nitrogens with one attached hydrogen (secondary N) is 1. The largest absolute Gasteiger partial charge is 0.507 e. The maximum Gasteiger partial charge on any atom is 0.326 e. The fraction of sp³-hybridized carbons (Fsp3) is 0.632. The van der Waals surface area contributed by atoms with Crippen molar-refractivity contribution in [2.75, 3.05) is 0 Å². The summed E-state index contributed by atoms with van der Waals surface area (Å²) in [5.74, 6) is -2.63. The number of hydrogen-bond donors (Lipinski definition) is 3. The Hall–Kier alpha value is -2.31. The summed E-state index contributed by atoms with van der Waals surface area (Å²) in [5, 5.41) is 22.3. The van der Waals surface area contributed by atoms with Crippen LogP contribution in [0.3, 0.4) is 0 Å². The smallest absolute Gasteiger partial charge is 0.326 e. The standard InChI is InChI=1S/C19H28N2O5/c1-4-5-10-21-13-9-7-6-8-12(13)16(22)14(18(21)24)17(23)20-15(11(2)3)19(25)26/h11,15,22H,4-10H2,1-3H3,(H,20,23)(H,25,26)/t15-/m0/s1. The van der Waals surface area contributed by atoms with Gasteiger partial charge < -0.3 is 20.1 Å². The van der Waals surface area contributed by atoms with Gasteiger partial charge in [0.25, 0.3) is 11.5 Å². The number of hydrogen-bond acceptors (Lipinski definition) is 4. The number of unbranched alkanes of at least 4 members (excludes halogenated alkanes) is 1. The van der Waals surface area contributed by atoms with E-state index >= 15 is 0 Å². The molecule has 0 unspecified atom stereocenters. The van der Waals surface area contributed by atoms with Crippen molar-refractivity contribution in [1.29, 1.82) is 0 Å². The molecule has 0 spiro atoms. The zero-order chi connectivity index (χ0) is 19.4. The number of aromatic hydroxyl groups is 1. The highest BCUT2D eigenvalue weighted by Gasteiger charge is 2.30. The normalized spacial score (nSPS) is 14.8. The minimum Gasteiger partial charge on any atom is -0.507 e. The maximum atomic E-state index is 12.9. The molecule has 1 aliphatic rings. The van der Waals surface area contributed by atoms with Crippen LogP contribution in [0.1, 0.15) is 68.1 Å². The lowest BCUT2D eigenvalue weighted by Gasteiger charge is -2.24. The summed E-state index contributed by atoms with van der Waals surface area (Å²) in [6.45, 7) is 5.85. The lowest BCUT2D eigenvalue weighted by Crippen LogP contribution is -2.46. The van der Waals surface area contributed by atoms with Crippen LogP contribution >= 0.6 is 0 Å². The van der Waals surface area contributed by atoms with Gasteiger partial charge in [0.15, 0.2) is 0 Å². The Morgan fingerprint density at radius 1 is 1.23 bits per heavy atom. The van der Waals surface area contributed by atoms with E-state index in [1.165, 1.54) is 0 Å². The second-order valence-corrected chi connectivity index (χ2v) is 7.20. The van der Waals surface area contributed by atoms with Gasteiger partial charge >= 0.3 is 5.97 Å². The molecular weight excluding hydrogens is 336 g/mol. The van der Waals surface area contributed by atoms with Gasteiger partial charge in [-0.25, -0.2) is 4.79 Å². The molecule has 1 amide bonds. The van der Waals surface area contributed by atoms with Gasteiger partial charge in [0, 0.05) is 17.8 Å². The second-order valence-electron chi connectivity index (χ2n) is 7.20. The van der Waals surface area contributed by atoms with E-state index < -0.39 is 23.5 Å². The molecule has 0 saturated carbocycles. The Bertz CT molecular complexity index is 751. The number of nitrogens with zero attached hydrogens (tertiary/aromatic N) is 1. The van der Waals surface area contributed by atoms with E-state index in [-0.39, 0.29) is 17.2 Å². The number of carboxylic acids is 1. The van der Waals surface area contributed by atoms with Crippen LogP contribution in [0.5, 0.6) is 5.75 Å². The van der Waals surface area contributed by atoms with Gasteiger partial charge in [-0.05, 0) is 38.0 Å². The van der Waals surface area contributed by atoms with Crippen LogP contribution in [0, 0.1) is 5.92 Å². The number of amides is 1. The van der Waals surface area contributed by atoms with Crippen LogP contribution in [0.2, 0.25) is 0 Å². The number of carboxylic acid groups (broad SMARTS) is 1. The molecule has 0 radical (unpaired) electrons. The minimum atomic E-state index is -1.17. The SMILES string of the molecule is CCCCn1c2c(c(O)c(C(=O)N[C@H](C(=O)O)C(C)C)c1=O)CCCC2. The van der Waals surface area contributed by atoms with Crippen molar-refractivity contribution in [2.45, 2.75) is 71.9 Å². The summed E-state index contributed by atoms with van der Waals surface area (Å²) in [4.78, 5) is 37.0. The highest BCUT2D eigenvalue weighted by atomic mass is 16.4. The number of carbonyl (C=O) groups is 2. The van der Waals surface area contributed by atoms with Crippen LogP contribution < -0.4 is 10.9 Å². The van der Waals surface area contributed by atoms with Crippen molar-refractivity contribution >= 4 is 11.9 Å². The highest BCUT2D eigenvalue weighted by molar-refractivity contribution is 5.99. The molecule has 3 N–H and O–H groups in total. The molecule has 1 aliphatic carbocycles. The van der Waals surface area contributed by atoms with Crippen molar-refractivity contribution in [3.63, 3.8) is 0 Å². The number of aliphatic carboxylic acids is 1. The third-order valence-corrected chi connectivity index (χ3v) is 4.93. The zero-order valence-corrected chi connectivity index (χ0v) is 15.7. The molecule has 2 rings (SSSR count). The molecule has 1 heterocycles. The number of aromatic nitrogens is 1. The highest BCUT2D eigenvalue weighted by Crippen LogP contribution is 2.30. The van der Waals surface area contributed by atoms with Crippen LogP contribution in [0.15, 0.2) is 4.79 Å². The lowest BCUT2D eigenvalue weighted by atomic mass is 9.92. The summed E-state index contributed by atoms with van der Waals surface area (Å²) < 4.78 is 1.60. The molecular formula is C19H28N2O5. The predicted molar refractivity (Wildman–Crippen MR) is 97.6 cm³/mol. The third kappa shape index (κ3) is 3.92. The van der Waals surface area contributed by atoms with Crippen molar-refractivity contribution < 1.29 is 19.8 Å². The van der Waals surface area contributed by atoms with Crippen molar-refractivity contribution in [2.24, 2.45) is 5.92 Å². The quantitative estimate of drug-likeness (QED) is 0.686. The molecule has 7 heteroatoms. The van der Waals surface area contributed by atoms with Crippen LogP contribution in [-0.4, -0.2) is 32.7 Å². The number of pyridine rings is 1. The van der Waals surface area contributed by atoms with Crippen LogP contribution in [0.25, 0.3) is 0 Å². The van der Waals surface area contributed by atoms with Crippen LogP contribution in [-0.2, 0) is 24.2 Å². The zero-order valence-electron chi connectivity index (χ0n) is 15.7. The van der Waals surface area contributed by atoms with Gasteiger partial charge in [-0.2, -0.15) is 0 Å². The molecule has 0 aromatic carbocycles. The molecule has 1 atom stereocenters. The van der Waals surface area contributed by atoms with E-state index in [4.69, 9.17) is 0 Å². The second kappa shape index (κ2) is 8.38.